The van der Waals surface area contributed by atoms with Crippen molar-refractivity contribution in [3.8, 4) is 0 Å². The summed E-state index contributed by atoms with van der Waals surface area (Å²) >= 11 is 0. The number of aryl methyl sites for hydroxylation is 1. The van der Waals surface area contributed by atoms with Crippen LogP contribution in [0, 0.1) is 6.92 Å². The largest absolute Gasteiger partial charge is 0.364 e. The number of aromatic nitrogens is 3. The molecule has 26 heavy (non-hydrogen) atoms. The molecule has 9 nitrogen and oxygen atoms in total. The van der Waals surface area contributed by atoms with Crippen molar-refractivity contribution < 1.29 is 22.2 Å². The van der Waals surface area contributed by atoms with E-state index >= 15 is 0 Å². The minimum absolute atomic E-state index is 0.182. The molecule has 138 valence electrons. The van der Waals surface area contributed by atoms with Gasteiger partial charge in [0.1, 0.15) is 17.6 Å². The zero-order chi connectivity index (χ0) is 18.1. The Morgan fingerprint density at radius 3 is 2.85 bits per heavy atom. The number of hydrogen-bond acceptors (Lipinski definition) is 8. The average Bonchev–Trinajstić information content (AvgIpc) is 3.33. The van der Waals surface area contributed by atoms with E-state index in [4.69, 9.17) is 13.8 Å². The first kappa shape index (κ1) is 17.1. The van der Waals surface area contributed by atoms with Crippen LogP contribution < -0.4 is 4.72 Å². The molecule has 2 aromatic heterocycles. The van der Waals surface area contributed by atoms with E-state index < -0.39 is 10.0 Å². The lowest BCUT2D eigenvalue weighted by Gasteiger charge is -2.12. The minimum atomic E-state index is -3.57. The summed E-state index contributed by atoms with van der Waals surface area (Å²) in [5, 5.41) is 8.30. The fourth-order valence-electron chi connectivity index (χ4n) is 2.97. The molecule has 1 aliphatic heterocycles. The summed E-state index contributed by atoms with van der Waals surface area (Å²) in [6.07, 6.45) is 0.893. The molecule has 1 aliphatic rings. The van der Waals surface area contributed by atoms with Crippen LogP contribution in [0.4, 0.5) is 0 Å². The van der Waals surface area contributed by atoms with E-state index in [1.54, 1.807) is 19.1 Å². The van der Waals surface area contributed by atoms with Gasteiger partial charge in [0.05, 0.1) is 6.10 Å². The molecule has 0 bridgehead atoms. The SMILES string of the molecule is Cc1noc([C@@H]2CC[C@H](CNS(=O)(=O)Cc3noc4ccccc34)O2)n1. The first-order chi connectivity index (χ1) is 12.5. The third-order valence-electron chi connectivity index (χ3n) is 4.24. The van der Waals surface area contributed by atoms with Crippen molar-refractivity contribution in [3.63, 3.8) is 0 Å². The Balaban J connectivity index is 1.35. The van der Waals surface area contributed by atoms with Crippen molar-refractivity contribution in [2.75, 3.05) is 6.54 Å². The van der Waals surface area contributed by atoms with Gasteiger partial charge >= 0.3 is 0 Å². The first-order valence-corrected chi connectivity index (χ1v) is 9.92. The molecule has 2 atom stereocenters. The molecular formula is C16H18N4O5S. The quantitative estimate of drug-likeness (QED) is 0.690. The van der Waals surface area contributed by atoms with Crippen LogP contribution in [0.1, 0.15) is 36.4 Å². The smallest absolute Gasteiger partial charge is 0.255 e. The van der Waals surface area contributed by atoms with E-state index in [-0.39, 0.29) is 24.5 Å². The van der Waals surface area contributed by atoms with E-state index in [1.807, 2.05) is 12.1 Å². The van der Waals surface area contributed by atoms with Gasteiger partial charge in [0.2, 0.25) is 10.0 Å². The number of benzene rings is 1. The van der Waals surface area contributed by atoms with Gasteiger partial charge in [-0.2, -0.15) is 4.98 Å². The molecule has 1 N–H and O–H groups in total. The molecule has 3 aromatic rings. The number of rotatable bonds is 6. The van der Waals surface area contributed by atoms with Gasteiger partial charge in [-0.3, -0.25) is 0 Å². The van der Waals surface area contributed by atoms with Crippen LogP contribution in [-0.4, -0.2) is 36.4 Å². The normalized spacial score (nSPS) is 20.8. The molecule has 0 saturated carbocycles. The van der Waals surface area contributed by atoms with E-state index in [9.17, 15) is 8.42 Å². The highest BCUT2D eigenvalue weighted by Crippen LogP contribution is 2.31. The molecule has 1 fully saturated rings. The van der Waals surface area contributed by atoms with Gasteiger partial charge in [-0.25, -0.2) is 13.1 Å². The van der Waals surface area contributed by atoms with Crippen molar-refractivity contribution in [2.45, 2.75) is 37.7 Å². The molecule has 0 aliphatic carbocycles. The van der Waals surface area contributed by atoms with Crippen molar-refractivity contribution in [2.24, 2.45) is 0 Å². The summed E-state index contributed by atoms with van der Waals surface area (Å²) in [5.41, 5.74) is 0.953. The molecular weight excluding hydrogens is 360 g/mol. The summed E-state index contributed by atoms with van der Waals surface area (Å²) in [4.78, 5) is 4.15. The van der Waals surface area contributed by atoms with Crippen LogP contribution in [0.15, 0.2) is 33.3 Å². The second kappa shape index (κ2) is 6.78. The van der Waals surface area contributed by atoms with Crippen molar-refractivity contribution >= 4 is 21.0 Å². The van der Waals surface area contributed by atoms with Crippen molar-refractivity contribution in [3.05, 3.63) is 41.7 Å². The maximum Gasteiger partial charge on any atom is 0.255 e. The number of nitrogens with one attached hydrogen (secondary N) is 1. The van der Waals surface area contributed by atoms with Gasteiger partial charge in [0.25, 0.3) is 5.89 Å². The van der Waals surface area contributed by atoms with Crippen molar-refractivity contribution in [1.29, 1.82) is 0 Å². The van der Waals surface area contributed by atoms with Gasteiger partial charge in [-0.1, -0.05) is 22.4 Å². The Labute approximate surface area is 149 Å². The Kier molecular flexibility index (Phi) is 4.47. The van der Waals surface area contributed by atoms with Gasteiger partial charge < -0.3 is 13.8 Å². The van der Waals surface area contributed by atoms with Crippen molar-refractivity contribution in [1.82, 2.24) is 20.0 Å². The van der Waals surface area contributed by atoms with E-state index in [1.165, 1.54) is 0 Å². The number of para-hydroxylation sites is 1. The maximum absolute atomic E-state index is 12.4. The monoisotopic (exact) mass is 378 g/mol. The molecule has 1 saturated heterocycles. The fourth-order valence-corrected chi connectivity index (χ4v) is 4.08. The molecule has 0 amide bonds. The van der Waals surface area contributed by atoms with Gasteiger partial charge in [-0.05, 0) is 31.9 Å². The second-order valence-electron chi connectivity index (χ2n) is 6.24. The van der Waals surface area contributed by atoms with Crippen LogP contribution in [0.5, 0.6) is 0 Å². The van der Waals surface area contributed by atoms with Gasteiger partial charge in [0.15, 0.2) is 11.4 Å². The Morgan fingerprint density at radius 1 is 1.19 bits per heavy atom. The summed E-state index contributed by atoms with van der Waals surface area (Å²) < 4.78 is 43.4. The Hall–Kier alpha value is -2.30. The Bertz CT molecular complexity index is 1010. The third kappa shape index (κ3) is 3.62. The maximum atomic E-state index is 12.4. The fraction of sp³-hybridized carbons (Fsp3) is 0.438. The predicted molar refractivity (Wildman–Crippen MR) is 90.5 cm³/mol. The highest BCUT2D eigenvalue weighted by molar-refractivity contribution is 7.88. The third-order valence-corrected chi connectivity index (χ3v) is 5.50. The second-order valence-corrected chi connectivity index (χ2v) is 8.04. The summed E-state index contributed by atoms with van der Waals surface area (Å²) in [6, 6.07) is 7.16. The number of sulfonamides is 1. The average molecular weight is 378 g/mol. The van der Waals surface area contributed by atoms with E-state index in [0.29, 0.717) is 41.2 Å². The zero-order valence-corrected chi connectivity index (χ0v) is 14.9. The minimum Gasteiger partial charge on any atom is -0.364 e. The van der Waals surface area contributed by atoms with E-state index in [0.717, 1.165) is 0 Å². The lowest BCUT2D eigenvalue weighted by molar-refractivity contribution is 0.0290. The van der Waals surface area contributed by atoms with Gasteiger partial charge in [0, 0.05) is 11.9 Å². The van der Waals surface area contributed by atoms with E-state index in [2.05, 4.69) is 20.0 Å². The summed E-state index contributed by atoms with van der Waals surface area (Å²) in [6.45, 7) is 1.92. The lowest BCUT2D eigenvalue weighted by atomic mass is 10.2. The van der Waals surface area contributed by atoms with Crippen LogP contribution in [-0.2, 0) is 20.5 Å². The highest BCUT2D eigenvalue weighted by atomic mass is 32.2. The highest BCUT2D eigenvalue weighted by Gasteiger charge is 2.31. The zero-order valence-electron chi connectivity index (χ0n) is 14.1. The molecule has 4 rings (SSSR count). The molecule has 0 spiro atoms. The number of nitrogens with zero attached hydrogens (tertiary/aromatic N) is 3. The van der Waals surface area contributed by atoms with Gasteiger partial charge in [-0.15, -0.1) is 0 Å². The van der Waals surface area contributed by atoms with Crippen LogP contribution in [0.3, 0.4) is 0 Å². The number of hydrogen-bond donors (Lipinski definition) is 1. The molecule has 3 heterocycles. The number of fused-ring (bicyclic) bond motifs is 1. The Morgan fingerprint density at radius 2 is 2.04 bits per heavy atom. The molecule has 10 heteroatoms. The topological polar surface area (TPSA) is 120 Å². The summed E-state index contributed by atoms with van der Waals surface area (Å²) in [5.74, 6) is 0.734. The first-order valence-electron chi connectivity index (χ1n) is 8.26. The molecule has 1 aromatic carbocycles. The van der Waals surface area contributed by atoms with Crippen LogP contribution in [0.25, 0.3) is 11.0 Å². The molecule has 0 radical (unpaired) electrons. The number of ether oxygens (including phenoxy) is 1. The molecule has 0 unspecified atom stereocenters. The summed E-state index contributed by atoms with van der Waals surface area (Å²) in [7, 11) is -3.57. The lowest BCUT2D eigenvalue weighted by Crippen LogP contribution is -2.32. The van der Waals surface area contributed by atoms with Crippen LogP contribution in [0.2, 0.25) is 0 Å². The van der Waals surface area contributed by atoms with Crippen LogP contribution >= 0.6 is 0 Å². The standard InChI is InChI=1S/C16H18N4O5S/c1-10-18-16(25-19-10)15-7-6-11(23-15)8-17-26(21,22)9-13-12-4-2-3-5-14(12)24-20-13/h2-5,11,15,17H,6-9H2,1H3/t11-,15+/m1/s1. The predicted octanol–water partition coefficient (Wildman–Crippen LogP) is 1.86.